The van der Waals surface area contributed by atoms with Crippen molar-refractivity contribution in [2.24, 2.45) is 0 Å². The van der Waals surface area contributed by atoms with Crippen molar-refractivity contribution in [1.82, 2.24) is 0 Å². The fraction of sp³-hybridized carbons (Fsp3) is 0. The average molecular weight is 278 g/mol. The topological polar surface area (TPSA) is 20.2 Å². The molecule has 0 saturated heterocycles. The number of hydrogen-bond donors (Lipinski definition) is 1. The molecule has 0 aromatic rings. The molecule has 1 unspecified atom stereocenters. The third-order valence-electron chi connectivity index (χ3n) is 0. The van der Waals surface area contributed by atoms with Gasteiger partial charge in [0, 0.05) is 0 Å². The molecule has 0 amide bonds. The summed E-state index contributed by atoms with van der Waals surface area (Å²) in [5, 5.41) is 0. The first kappa shape index (κ1) is 6.39. The van der Waals surface area contributed by atoms with Crippen molar-refractivity contribution in [2.75, 3.05) is 0 Å². The van der Waals surface area contributed by atoms with Crippen LogP contribution in [0, 0.1) is 0 Å². The fourth-order valence-electron chi connectivity index (χ4n) is 0. The van der Waals surface area contributed by atoms with Crippen molar-refractivity contribution in [3.63, 3.8) is 0 Å². The fourth-order valence-corrected chi connectivity index (χ4v) is 0. The van der Waals surface area contributed by atoms with Gasteiger partial charge in [-0.05, 0) is 0 Å². The molecule has 0 rings (SSSR count). The van der Waals surface area contributed by atoms with Crippen LogP contribution >= 0.6 is 21.6 Å². The van der Waals surface area contributed by atoms with E-state index in [0.29, 0.717) is 0 Å². The van der Waals surface area contributed by atoms with Crippen LogP contribution in [0.1, 0.15) is 0 Å². The van der Waals surface area contributed by atoms with E-state index in [1.165, 1.54) is 0 Å². The van der Waals surface area contributed by atoms with Crippen LogP contribution in [0.15, 0.2) is 0 Å². The van der Waals surface area contributed by atoms with E-state index in [2.05, 4.69) is 21.6 Å². The summed E-state index contributed by atoms with van der Waals surface area (Å²) in [6, 6.07) is 0. The molecule has 0 bridgehead atoms. The van der Waals surface area contributed by atoms with Gasteiger partial charge in [0.2, 0.25) is 0 Å². The Bertz CT molecular complexity index is 27.1. The Labute approximate surface area is 43.8 Å². The monoisotopic (exact) mass is 277 g/mol. The molecular formula is HBrClFIO-. The minimum atomic E-state index is -4.16. The van der Waals surface area contributed by atoms with Gasteiger partial charge in [-0.25, -0.2) is 0 Å². The van der Waals surface area contributed by atoms with E-state index < -0.39 is 16.1 Å². The number of rotatable bonds is 0. The predicted molar refractivity (Wildman–Crippen MR) is 18.1 cm³/mol. The van der Waals surface area contributed by atoms with E-state index >= 15 is 0 Å². The van der Waals surface area contributed by atoms with Gasteiger partial charge in [0.05, 0.1) is 0 Å². The van der Waals surface area contributed by atoms with Crippen LogP contribution in [0.3, 0.4) is 0 Å². The number of halogens is 4. The molecule has 1 atom stereocenters. The quantitative estimate of drug-likeness (QED) is 0.529. The zero-order valence-electron chi connectivity index (χ0n) is 1.96. The van der Waals surface area contributed by atoms with Crippen LogP contribution in [0.2, 0.25) is 0 Å². The summed E-state index contributed by atoms with van der Waals surface area (Å²) in [6.45, 7) is 0. The second kappa shape index (κ2) is 1.90. The van der Waals surface area contributed by atoms with Crippen LogP contribution in [-0.2, 0) is 0 Å². The Morgan fingerprint density at radius 3 is 2.00 bits per heavy atom. The summed E-state index contributed by atoms with van der Waals surface area (Å²) >= 11 is -1.95. The first-order chi connectivity index (χ1) is 2.00. The molecule has 0 aliphatic carbocycles. The van der Waals surface area contributed by atoms with Gasteiger partial charge in [0.15, 0.2) is 0 Å². The molecule has 5 heteroatoms. The molecule has 36 valence electrons. The Morgan fingerprint density at radius 2 is 2.00 bits per heavy atom. The zero-order valence-corrected chi connectivity index (χ0v) is 6.46. The second-order valence-corrected chi connectivity index (χ2v) is 12.6. The summed E-state index contributed by atoms with van der Waals surface area (Å²) in [5.74, 6) is 0. The molecule has 1 nitrogen and oxygen atoms in total. The van der Waals surface area contributed by atoms with E-state index in [9.17, 15) is 2.86 Å². The molecule has 0 spiro atoms. The van der Waals surface area contributed by atoms with Crippen molar-refractivity contribution in [3.05, 3.63) is 0 Å². The molecular weight excluding hydrogens is 277 g/mol. The van der Waals surface area contributed by atoms with Gasteiger partial charge in [-0.1, -0.05) is 0 Å². The van der Waals surface area contributed by atoms with Crippen LogP contribution < -0.4 is 16.1 Å². The van der Waals surface area contributed by atoms with E-state index in [0.717, 1.165) is 0 Å². The normalized spacial score (nSPS) is 28.0. The molecule has 0 aromatic heterocycles. The third kappa shape index (κ3) is 32.1. The molecule has 0 heterocycles. The number of hydrogen-bond acceptors (Lipinski definition) is 1. The maximum absolute atomic E-state index is 11.1. The summed E-state index contributed by atoms with van der Waals surface area (Å²) in [6.07, 6.45) is 0. The summed E-state index contributed by atoms with van der Waals surface area (Å²) < 4.78 is 18.8. The Balaban J connectivity index is 3.02. The van der Waals surface area contributed by atoms with Gasteiger partial charge in [-0.15, -0.1) is 0 Å². The summed E-state index contributed by atoms with van der Waals surface area (Å²) in [4.78, 5) is 0. The van der Waals surface area contributed by atoms with E-state index in [-0.39, 0.29) is 0 Å². The van der Waals surface area contributed by atoms with Gasteiger partial charge in [-0.2, -0.15) is 0 Å². The molecule has 0 fully saturated rings. The Morgan fingerprint density at radius 1 is 2.00 bits per heavy atom. The molecule has 0 saturated carbocycles. The Kier molecular flexibility index (Phi) is 2.43. The van der Waals surface area contributed by atoms with Gasteiger partial charge in [0.1, 0.15) is 0 Å². The molecule has 0 aromatic carbocycles. The minimum absolute atomic E-state index is 2.21. The van der Waals surface area contributed by atoms with Crippen molar-refractivity contribution in [3.8, 4) is 0 Å². The van der Waals surface area contributed by atoms with Crippen LogP contribution in [-0.4, -0.2) is 3.44 Å². The zero-order chi connectivity index (χ0) is 4.50. The van der Waals surface area contributed by atoms with Gasteiger partial charge in [-0.3, -0.25) is 0 Å². The SMILES string of the molecule is O[I-](F)(Cl)Br. The predicted octanol–water partition coefficient (Wildman–Crippen LogP) is -1.60. The van der Waals surface area contributed by atoms with Gasteiger partial charge < -0.3 is 0 Å². The first-order valence-electron chi connectivity index (χ1n) is 0.598. The standard InChI is InChI=1S/BrClFHIO/c1-4(2,3)5/h5H/q-1. The molecule has 1 N–H and O–H groups in total. The Hall–Kier alpha value is 1.39. The average Bonchev–Trinajstić information content (AvgIpc) is 0.722. The van der Waals surface area contributed by atoms with Crippen molar-refractivity contribution in [2.45, 2.75) is 0 Å². The molecule has 0 aliphatic rings. The van der Waals surface area contributed by atoms with Crippen LogP contribution in [0.5, 0.6) is 0 Å². The van der Waals surface area contributed by atoms with E-state index in [1.54, 1.807) is 0 Å². The third-order valence-corrected chi connectivity index (χ3v) is 0. The van der Waals surface area contributed by atoms with Gasteiger partial charge >= 0.3 is 44.0 Å². The van der Waals surface area contributed by atoms with Gasteiger partial charge in [0.25, 0.3) is 0 Å². The second-order valence-electron chi connectivity index (χ2n) is 0.354. The van der Waals surface area contributed by atoms with E-state index in [1.807, 2.05) is 0 Å². The summed E-state index contributed by atoms with van der Waals surface area (Å²) in [5.41, 5.74) is 0. The van der Waals surface area contributed by atoms with Crippen molar-refractivity contribution in [1.29, 1.82) is 0 Å². The first-order valence-corrected chi connectivity index (χ1v) is 9.95. The molecule has 0 radical (unpaired) electrons. The van der Waals surface area contributed by atoms with Crippen molar-refractivity contribution >= 4 is 21.6 Å². The maximum atomic E-state index is 11.1. The van der Waals surface area contributed by atoms with Crippen molar-refractivity contribution < 1.29 is 22.4 Å². The molecule has 0 aliphatic heterocycles. The van der Waals surface area contributed by atoms with E-state index in [4.69, 9.17) is 3.44 Å². The van der Waals surface area contributed by atoms with Crippen LogP contribution in [0.4, 0.5) is 2.86 Å². The summed E-state index contributed by atoms with van der Waals surface area (Å²) in [7, 11) is 4.52. The van der Waals surface area contributed by atoms with Crippen LogP contribution in [0.25, 0.3) is 0 Å². The molecule has 5 heavy (non-hydrogen) atoms.